The lowest BCUT2D eigenvalue weighted by Crippen LogP contribution is -2.46. The maximum Gasteiger partial charge on any atom is 0.244 e. The number of hydrogen-bond donors (Lipinski definition) is 0. The lowest BCUT2D eigenvalue weighted by atomic mass is 10.0. The van der Waals surface area contributed by atoms with Crippen molar-refractivity contribution in [3.8, 4) is 0 Å². The van der Waals surface area contributed by atoms with Crippen LogP contribution in [0.3, 0.4) is 0 Å². The van der Waals surface area contributed by atoms with Gasteiger partial charge < -0.3 is 9.64 Å². The SMILES string of the molecule is CN(C)[C@@H](C(=O)N1CCC(OCc2cccnc2)CC1)c1ccccc1F. The highest BCUT2D eigenvalue weighted by molar-refractivity contribution is 5.83. The molecule has 3 rings (SSSR count). The van der Waals surface area contributed by atoms with Crippen LogP contribution in [0.25, 0.3) is 0 Å². The van der Waals surface area contributed by atoms with Gasteiger partial charge in [0.1, 0.15) is 11.9 Å². The summed E-state index contributed by atoms with van der Waals surface area (Å²) in [5.41, 5.74) is 1.46. The zero-order valence-corrected chi connectivity index (χ0v) is 15.8. The zero-order valence-electron chi connectivity index (χ0n) is 15.8. The van der Waals surface area contributed by atoms with Gasteiger partial charge in [-0.25, -0.2) is 4.39 Å². The first-order chi connectivity index (χ1) is 13.1. The van der Waals surface area contributed by atoms with Gasteiger partial charge in [0.2, 0.25) is 5.91 Å². The van der Waals surface area contributed by atoms with Crippen molar-refractivity contribution in [3.63, 3.8) is 0 Å². The Kier molecular flexibility index (Phi) is 6.53. The fourth-order valence-electron chi connectivity index (χ4n) is 3.44. The molecule has 1 fully saturated rings. The molecule has 0 bridgehead atoms. The summed E-state index contributed by atoms with van der Waals surface area (Å²) < 4.78 is 20.2. The summed E-state index contributed by atoms with van der Waals surface area (Å²) in [6.45, 7) is 1.77. The summed E-state index contributed by atoms with van der Waals surface area (Å²) in [4.78, 5) is 20.7. The highest BCUT2D eigenvalue weighted by Crippen LogP contribution is 2.26. The van der Waals surface area contributed by atoms with E-state index in [2.05, 4.69) is 4.98 Å². The van der Waals surface area contributed by atoms with Crippen LogP contribution in [0.2, 0.25) is 0 Å². The molecule has 1 aliphatic rings. The van der Waals surface area contributed by atoms with E-state index >= 15 is 0 Å². The fourth-order valence-corrected chi connectivity index (χ4v) is 3.44. The van der Waals surface area contributed by atoms with E-state index < -0.39 is 6.04 Å². The van der Waals surface area contributed by atoms with Gasteiger partial charge in [0.05, 0.1) is 12.7 Å². The molecule has 1 aromatic carbocycles. The molecule has 144 valence electrons. The Morgan fingerprint density at radius 3 is 2.63 bits per heavy atom. The molecular formula is C21H26FN3O2. The second-order valence-electron chi connectivity index (χ2n) is 7.08. The molecule has 0 aliphatic carbocycles. The normalized spacial score (nSPS) is 16.5. The molecule has 2 aromatic rings. The molecule has 1 aliphatic heterocycles. The third-order valence-electron chi connectivity index (χ3n) is 4.91. The summed E-state index contributed by atoms with van der Waals surface area (Å²) >= 11 is 0. The standard InChI is InChI=1S/C21H26FN3O2/c1-24(2)20(18-7-3-4-8-19(18)22)21(26)25-12-9-17(10-13-25)27-15-16-6-5-11-23-14-16/h3-8,11,14,17,20H,9-10,12-13,15H2,1-2H3/t20-/m1/s1. The Morgan fingerprint density at radius 2 is 2.00 bits per heavy atom. The van der Waals surface area contributed by atoms with Crippen LogP contribution in [0.1, 0.15) is 30.0 Å². The van der Waals surface area contributed by atoms with E-state index in [4.69, 9.17) is 4.74 Å². The van der Waals surface area contributed by atoms with E-state index in [-0.39, 0.29) is 17.8 Å². The number of aromatic nitrogens is 1. The minimum absolute atomic E-state index is 0.0594. The van der Waals surface area contributed by atoms with Crippen LogP contribution in [0, 0.1) is 5.82 Å². The predicted octanol–water partition coefficient (Wildman–Crippen LogP) is 3.03. The maximum atomic E-state index is 14.2. The van der Waals surface area contributed by atoms with E-state index in [9.17, 15) is 9.18 Å². The van der Waals surface area contributed by atoms with Gasteiger partial charge in [-0.15, -0.1) is 0 Å². The summed E-state index contributed by atoms with van der Waals surface area (Å²) in [5.74, 6) is -0.407. The Bertz CT molecular complexity index is 746. The average molecular weight is 371 g/mol. The number of halogens is 1. The summed E-state index contributed by atoms with van der Waals surface area (Å²) in [5, 5.41) is 0. The average Bonchev–Trinajstić information content (AvgIpc) is 2.69. The fraction of sp³-hybridized carbons (Fsp3) is 0.429. The first-order valence-corrected chi connectivity index (χ1v) is 9.26. The monoisotopic (exact) mass is 371 g/mol. The zero-order chi connectivity index (χ0) is 19.2. The lowest BCUT2D eigenvalue weighted by Gasteiger charge is -2.36. The molecule has 1 amide bonds. The number of carbonyl (C=O) groups excluding carboxylic acids is 1. The molecule has 0 spiro atoms. The Hall–Kier alpha value is -2.31. The minimum Gasteiger partial charge on any atom is -0.373 e. The number of pyridine rings is 1. The molecule has 0 radical (unpaired) electrons. The van der Waals surface area contributed by atoms with Crippen LogP contribution >= 0.6 is 0 Å². The van der Waals surface area contributed by atoms with Crippen molar-refractivity contribution in [2.75, 3.05) is 27.2 Å². The second-order valence-corrected chi connectivity index (χ2v) is 7.08. The van der Waals surface area contributed by atoms with Crippen LogP contribution in [-0.4, -0.2) is 54.0 Å². The number of benzene rings is 1. The first kappa shape index (κ1) is 19.5. The smallest absolute Gasteiger partial charge is 0.244 e. The van der Waals surface area contributed by atoms with Crippen LogP contribution < -0.4 is 0 Å². The number of likely N-dealkylation sites (tertiary alicyclic amines) is 1. The third kappa shape index (κ3) is 4.90. The summed E-state index contributed by atoms with van der Waals surface area (Å²) in [7, 11) is 3.61. The molecule has 0 N–H and O–H groups in total. The van der Waals surface area contributed by atoms with Gasteiger partial charge in [-0.1, -0.05) is 24.3 Å². The number of likely N-dealkylation sites (N-methyl/N-ethyl adjacent to an activating group) is 1. The van der Waals surface area contributed by atoms with Crippen molar-refractivity contribution in [2.45, 2.75) is 31.6 Å². The molecule has 6 heteroatoms. The maximum absolute atomic E-state index is 14.2. The number of amides is 1. The second kappa shape index (κ2) is 9.06. The lowest BCUT2D eigenvalue weighted by molar-refractivity contribution is -0.139. The minimum atomic E-state index is -0.612. The molecule has 27 heavy (non-hydrogen) atoms. The first-order valence-electron chi connectivity index (χ1n) is 9.26. The number of rotatable bonds is 6. The number of hydrogen-bond acceptors (Lipinski definition) is 4. The van der Waals surface area contributed by atoms with Gasteiger partial charge in [-0.05, 0) is 44.6 Å². The molecule has 2 heterocycles. The van der Waals surface area contributed by atoms with E-state index in [0.29, 0.717) is 25.3 Å². The molecule has 1 atom stereocenters. The third-order valence-corrected chi connectivity index (χ3v) is 4.91. The van der Waals surface area contributed by atoms with Crippen molar-refractivity contribution >= 4 is 5.91 Å². The van der Waals surface area contributed by atoms with Crippen LogP contribution in [0.4, 0.5) is 4.39 Å². The van der Waals surface area contributed by atoms with Crippen LogP contribution in [-0.2, 0) is 16.1 Å². The van der Waals surface area contributed by atoms with Gasteiger partial charge in [0, 0.05) is 31.0 Å². The van der Waals surface area contributed by atoms with Crippen molar-refractivity contribution in [3.05, 3.63) is 65.7 Å². The van der Waals surface area contributed by atoms with Gasteiger partial charge >= 0.3 is 0 Å². The van der Waals surface area contributed by atoms with Crippen molar-refractivity contribution in [1.29, 1.82) is 0 Å². The Morgan fingerprint density at radius 1 is 1.26 bits per heavy atom. The van der Waals surface area contributed by atoms with E-state index in [1.807, 2.05) is 17.0 Å². The highest BCUT2D eigenvalue weighted by atomic mass is 19.1. The molecule has 1 aromatic heterocycles. The van der Waals surface area contributed by atoms with Crippen molar-refractivity contribution in [1.82, 2.24) is 14.8 Å². The molecule has 0 unspecified atom stereocenters. The van der Waals surface area contributed by atoms with Gasteiger partial charge in [0.25, 0.3) is 0 Å². The quantitative estimate of drug-likeness (QED) is 0.783. The topological polar surface area (TPSA) is 45.7 Å². The van der Waals surface area contributed by atoms with Crippen molar-refractivity contribution in [2.24, 2.45) is 0 Å². The predicted molar refractivity (Wildman–Crippen MR) is 101 cm³/mol. The van der Waals surface area contributed by atoms with E-state index in [0.717, 1.165) is 18.4 Å². The number of nitrogens with zero attached hydrogens (tertiary/aromatic N) is 3. The van der Waals surface area contributed by atoms with E-state index in [1.165, 1.54) is 6.07 Å². The highest BCUT2D eigenvalue weighted by Gasteiger charge is 2.32. The Labute approximate surface area is 159 Å². The van der Waals surface area contributed by atoms with Gasteiger partial charge in [0.15, 0.2) is 0 Å². The molecule has 0 saturated carbocycles. The number of piperidine rings is 1. The summed E-state index contributed by atoms with van der Waals surface area (Å²) in [6.07, 6.45) is 5.23. The molecular weight excluding hydrogens is 345 g/mol. The van der Waals surface area contributed by atoms with Crippen LogP contribution in [0.5, 0.6) is 0 Å². The number of carbonyl (C=O) groups is 1. The largest absolute Gasteiger partial charge is 0.373 e. The molecule has 5 nitrogen and oxygen atoms in total. The van der Waals surface area contributed by atoms with E-state index in [1.54, 1.807) is 49.6 Å². The Balaban J connectivity index is 1.57. The van der Waals surface area contributed by atoms with Crippen molar-refractivity contribution < 1.29 is 13.9 Å². The molecule has 1 saturated heterocycles. The summed E-state index contributed by atoms with van der Waals surface area (Å²) in [6, 6.07) is 9.76. The number of ether oxygens (including phenoxy) is 1. The van der Waals surface area contributed by atoms with Gasteiger partial charge in [-0.2, -0.15) is 0 Å². The van der Waals surface area contributed by atoms with Crippen LogP contribution in [0.15, 0.2) is 48.8 Å². The van der Waals surface area contributed by atoms with Gasteiger partial charge in [-0.3, -0.25) is 14.7 Å².